The fourth-order valence-corrected chi connectivity index (χ4v) is 2.37. The summed E-state index contributed by atoms with van der Waals surface area (Å²) in [7, 11) is 0. The Morgan fingerprint density at radius 2 is 2.14 bits per heavy atom. The smallest absolute Gasteiger partial charge is 0.407 e. The van der Waals surface area contributed by atoms with Crippen molar-refractivity contribution in [3.63, 3.8) is 0 Å². The molecule has 1 aromatic heterocycles. The van der Waals surface area contributed by atoms with Crippen LogP contribution in [0, 0.1) is 0 Å². The third-order valence-corrected chi connectivity index (χ3v) is 3.08. The van der Waals surface area contributed by atoms with Gasteiger partial charge >= 0.3 is 6.09 Å². The third-order valence-electron chi connectivity index (χ3n) is 2.48. The van der Waals surface area contributed by atoms with Crippen LogP contribution in [0.1, 0.15) is 32.4 Å². The molecule has 1 heterocycles. The predicted octanol–water partition coefficient (Wildman–Crippen LogP) is 2.65. The number of hydrogen-bond acceptors (Lipinski definition) is 5. The maximum absolute atomic E-state index is 11.4. The second kappa shape index (κ2) is 8.67. The molecule has 124 valence electrons. The number of amides is 1. The highest BCUT2D eigenvalue weighted by Gasteiger charge is 2.15. The molecule has 0 bridgehead atoms. The van der Waals surface area contributed by atoms with Crippen LogP contribution in [0.2, 0.25) is 5.15 Å². The van der Waals surface area contributed by atoms with Gasteiger partial charge in [0.2, 0.25) is 0 Å². The second-order valence-electron chi connectivity index (χ2n) is 5.69. The highest BCUT2D eigenvalue weighted by atomic mass is 79.9. The monoisotopic (exact) mass is 393 g/mol. The van der Waals surface area contributed by atoms with Crippen LogP contribution in [0.3, 0.4) is 0 Å². The van der Waals surface area contributed by atoms with Gasteiger partial charge in [0.05, 0.1) is 6.10 Å². The Morgan fingerprint density at radius 1 is 1.45 bits per heavy atom. The van der Waals surface area contributed by atoms with Crippen molar-refractivity contribution in [2.75, 3.05) is 19.6 Å². The largest absolute Gasteiger partial charge is 0.444 e. The van der Waals surface area contributed by atoms with Crippen LogP contribution >= 0.6 is 27.5 Å². The average molecular weight is 395 g/mol. The van der Waals surface area contributed by atoms with Gasteiger partial charge in [0, 0.05) is 19.6 Å². The summed E-state index contributed by atoms with van der Waals surface area (Å²) in [5.41, 5.74) is 0.154. The molecule has 0 aromatic carbocycles. The molecule has 1 atom stereocenters. The number of halogens is 2. The summed E-state index contributed by atoms with van der Waals surface area (Å²) in [6, 6.07) is 3.31. The molecule has 0 fully saturated rings. The minimum Gasteiger partial charge on any atom is -0.444 e. The number of ether oxygens (including phenoxy) is 1. The molecule has 0 spiro atoms. The van der Waals surface area contributed by atoms with Crippen molar-refractivity contribution in [1.82, 2.24) is 15.6 Å². The van der Waals surface area contributed by atoms with E-state index in [2.05, 4.69) is 31.5 Å². The van der Waals surface area contributed by atoms with Gasteiger partial charge in [-0.15, -0.1) is 0 Å². The van der Waals surface area contributed by atoms with Gasteiger partial charge in [-0.1, -0.05) is 11.6 Å². The van der Waals surface area contributed by atoms with E-state index < -0.39 is 17.8 Å². The van der Waals surface area contributed by atoms with Crippen molar-refractivity contribution in [3.05, 3.63) is 27.5 Å². The number of alkyl carbamates (subject to hydrolysis) is 1. The zero-order valence-corrected chi connectivity index (χ0v) is 15.2. The molecule has 6 nitrogen and oxygen atoms in total. The number of rotatable bonds is 6. The van der Waals surface area contributed by atoms with Crippen molar-refractivity contribution in [2.24, 2.45) is 0 Å². The maximum atomic E-state index is 11.4. The Morgan fingerprint density at radius 3 is 2.73 bits per heavy atom. The lowest BCUT2D eigenvalue weighted by molar-refractivity contribution is 0.0528. The summed E-state index contributed by atoms with van der Waals surface area (Å²) in [5.74, 6) is 0. The Balaban J connectivity index is 2.25. The van der Waals surface area contributed by atoms with Crippen LogP contribution in [-0.2, 0) is 4.74 Å². The summed E-state index contributed by atoms with van der Waals surface area (Å²) < 4.78 is 5.68. The summed E-state index contributed by atoms with van der Waals surface area (Å²) in [4.78, 5) is 15.4. The molecule has 3 N–H and O–H groups in total. The quantitative estimate of drug-likeness (QED) is 0.510. The number of aliphatic hydroxyl groups is 1. The summed E-state index contributed by atoms with van der Waals surface area (Å²) in [6.07, 6.45) is -1.17. The van der Waals surface area contributed by atoms with Gasteiger partial charge < -0.3 is 20.5 Å². The highest BCUT2D eigenvalue weighted by Crippen LogP contribution is 2.20. The van der Waals surface area contributed by atoms with E-state index in [-0.39, 0.29) is 0 Å². The van der Waals surface area contributed by atoms with Crippen LogP contribution in [0.5, 0.6) is 0 Å². The molecule has 0 radical (unpaired) electrons. The highest BCUT2D eigenvalue weighted by molar-refractivity contribution is 9.10. The molecular weight excluding hydrogens is 374 g/mol. The summed E-state index contributed by atoms with van der Waals surface area (Å²) >= 11 is 9.06. The molecule has 22 heavy (non-hydrogen) atoms. The number of aromatic nitrogens is 1. The van der Waals surface area contributed by atoms with E-state index in [0.29, 0.717) is 35.0 Å². The van der Waals surface area contributed by atoms with Crippen LogP contribution in [0.4, 0.5) is 4.79 Å². The van der Waals surface area contributed by atoms with Crippen molar-refractivity contribution in [3.8, 4) is 0 Å². The van der Waals surface area contributed by atoms with E-state index in [1.807, 2.05) is 0 Å². The summed E-state index contributed by atoms with van der Waals surface area (Å²) in [5, 5.41) is 16.0. The van der Waals surface area contributed by atoms with Crippen LogP contribution < -0.4 is 10.6 Å². The minimum atomic E-state index is -0.710. The normalized spacial score (nSPS) is 12.8. The molecule has 0 saturated heterocycles. The predicted molar refractivity (Wildman–Crippen MR) is 89.0 cm³/mol. The van der Waals surface area contributed by atoms with Crippen LogP contribution in [0.25, 0.3) is 0 Å². The zero-order chi connectivity index (χ0) is 16.8. The molecule has 1 rings (SSSR count). The second-order valence-corrected chi connectivity index (χ2v) is 6.89. The zero-order valence-electron chi connectivity index (χ0n) is 12.8. The Labute approximate surface area is 143 Å². The van der Waals surface area contributed by atoms with Crippen molar-refractivity contribution >= 4 is 33.6 Å². The Kier molecular flexibility index (Phi) is 7.55. The van der Waals surface area contributed by atoms with Gasteiger partial charge in [-0.05, 0) is 54.4 Å². The third kappa shape index (κ3) is 7.93. The van der Waals surface area contributed by atoms with E-state index in [9.17, 15) is 9.90 Å². The lowest BCUT2D eigenvalue weighted by Gasteiger charge is -2.19. The van der Waals surface area contributed by atoms with E-state index in [4.69, 9.17) is 16.3 Å². The molecule has 1 aromatic rings. The number of pyridine rings is 1. The SMILES string of the molecule is CC(C)(C)OC(=O)NCCNCC(O)c1cc(Cl)nc(Br)c1. The van der Waals surface area contributed by atoms with Crippen LogP contribution in [-0.4, -0.2) is 41.4 Å². The molecule has 0 saturated carbocycles. The minimum absolute atomic E-state index is 0.315. The van der Waals surface area contributed by atoms with Gasteiger partial charge in [-0.25, -0.2) is 9.78 Å². The van der Waals surface area contributed by atoms with Crippen molar-refractivity contribution in [1.29, 1.82) is 0 Å². The first-order chi connectivity index (χ1) is 10.2. The van der Waals surface area contributed by atoms with Gasteiger partial charge in [-0.3, -0.25) is 0 Å². The Bertz CT molecular complexity index is 488. The first-order valence-corrected chi connectivity index (χ1v) is 8.03. The molecular formula is C14H21BrClN3O3. The number of nitrogens with zero attached hydrogens (tertiary/aromatic N) is 1. The lowest BCUT2D eigenvalue weighted by atomic mass is 10.1. The fraction of sp³-hybridized carbons (Fsp3) is 0.571. The maximum Gasteiger partial charge on any atom is 0.407 e. The molecule has 1 amide bonds. The van der Waals surface area contributed by atoms with Gasteiger partial charge in [-0.2, -0.15) is 0 Å². The lowest BCUT2D eigenvalue weighted by Crippen LogP contribution is -2.37. The van der Waals surface area contributed by atoms with Crippen molar-refractivity contribution in [2.45, 2.75) is 32.5 Å². The van der Waals surface area contributed by atoms with Crippen LogP contribution in [0.15, 0.2) is 16.7 Å². The number of hydrogen-bond donors (Lipinski definition) is 3. The number of aliphatic hydroxyl groups excluding tert-OH is 1. The summed E-state index contributed by atoms with van der Waals surface area (Å²) in [6.45, 7) is 6.67. The Hall–Kier alpha value is -0.890. The number of carbonyl (C=O) groups excluding carboxylic acids is 1. The number of nitrogens with one attached hydrogen (secondary N) is 2. The molecule has 0 aliphatic carbocycles. The van der Waals surface area contributed by atoms with Gasteiger partial charge in [0.1, 0.15) is 15.4 Å². The molecule has 8 heteroatoms. The number of carbonyl (C=O) groups is 1. The first kappa shape index (κ1) is 19.2. The molecule has 1 unspecified atom stereocenters. The van der Waals surface area contributed by atoms with E-state index >= 15 is 0 Å². The topological polar surface area (TPSA) is 83.5 Å². The first-order valence-electron chi connectivity index (χ1n) is 6.86. The van der Waals surface area contributed by atoms with E-state index in [1.165, 1.54) is 0 Å². The van der Waals surface area contributed by atoms with Gasteiger partial charge in [0.25, 0.3) is 0 Å². The van der Waals surface area contributed by atoms with E-state index in [0.717, 1.165) is 0 Å². The fourth-order valence-electron chi connectivity index (χ4n) is 1.60. The van der Waals surface area contributed by atoms with Crippen molar-refractivity contribution < 1.29 is 14.6 Å². The van der Waals surface area contributed by atoms with E-state index in [1.54, 1.807) is 32.9 Å². The average Bonchev–Trinajstić information content (AvgIpc) is 2.34. The molecule has 0 aliphatic heterocycles. The standard InChI is InChI=1S/C14H21BrClN3O3/c1-14(2,3)22-13(21)18-5-4-17-8-10(20)9-6-11(15)19-12(16)7-9/h6-7,10,17,20H,4-5,8H2,1-3H3,(H,18,21). The van der Waals surface area contributed by atoms with Gasteiger partial charge in [0.15, 0.2) is 0 Å². The molecule has 0 aliphatic rings.